The van der Waals surface area contributed by atoms with Gasteiger partial charge in [0, 0.05) is 108 Å². The molecule has 0 saturated carbocycles. The van der Waals surface area contributed by atoms with Crippen LogP contribution in [-0.2, 0) is 92.7 Å². The molecule has 4 aliphatic rings. The number of imide groups is 1. The number of esters is 1. The molecule has 12 amide bonds. The number of para-hydroxylation sites is 1. The average Bonchev–Trinajstić information content (AvgIpc) is 1.82. The van der Waals surface area contributed by atoms with E-state index in [2.05, 4.69) is 42.2 Å². The predicted octanol–water partition coefficient (Wildman–Crippen LogP) is 4.10. The van der Waals surface area contributed by atoms with E-state index in [1.165, 1.54) is 78.2 Å². The number of ether oxygens (including phenoxy) is 3. The van der Waals surface area contributed by atoms with Crippen LogP contribution in [0.2, 0.25) is 5.02 Å². The van der Waals surface area contributed by atoms with Gasteiger partial charge in [-0.15, -0.1) is 11.8 Å². The van der Waals surface area contributed by atoms with Crippen LogP contribution < -0.4 is 52.6 Å². The monoisotopic (exact) mass is 1710 g/mol. The maximum atomic E-state index is 15.3. The molecule has 0 aliphatic carbocycles. The van der Waals surface area contributed by atoms with E-state index in [0.29, 0.717) is 46.9 Å². The minimum Gasteiger partial charge on any atom is -0.508 e. The number of aromatic amines is 1. The average molecular weight is 1720 g/mol. The van der Waals surface area contributed by atoms with Gasteiger partial charge in [-0.25, -0.2) is 9.59 Å². The number of aromatic hydroxyl groups is 1. The Bertz CT molecular complexity index is 4640. The minimum atomic E-state index is -2.02. The normalized spacial score (nSPS) is 25.8. The van der Waals surface area contributed by atoms with Crippen molar-refractivity contribution in [3.05, 3.63) is 148 Å². The number of phenols is 1. The summed E-state index contributed by atoms with van der Waals surface area (Å²) in [6.45, 7) is 7.58. The van der Waals surface area contributed by atoms with Crippen LogP contribution in [-0.4, -0.2) is 248 Å². The number of aliphatic hydroxyl groups excluding tert-OH is 1. The second kappa shape index (κ2) is 43.0. The number of aliphatic hydroxyl groups is 3. The number of likely N-dealkylation sites (N-methyl/N-ethyl adjacent to an activating group) is 2. The Balaban J connectivity index is 0.857. The van der Waals surface area contributed by atoms with Crippen molar-refractivity contribution in [1.82, 2.24) is 56.9 Å². The van der Waals surface area contributed by atoms with Crippen LogP contribution >= 0.6 is 23.4 Å². The molecule has 654 valence electrons. The summed E-state index contributed by atoms with van der Waals surface area (Å²) in [4.78, 5) is 194. The number of carbonyl (C=O) groups excluding carboxylic acids is 13. The van der Waals surface area contributed by atoms with E-state index in [4.69, 9.17) is 31.5 Å². The van der Waals surface area contributed by atoms with Crippen molar-refractivity contribution in [2.45, 2.75) is 215 Å². The van der Waals surface area contributed by atoms with E-state index >= 15 is 14.4 Å². The molecule has 4 aromatic carbocycles. The summed E-state index contributed by atoms with van der Waals surface area (Å²) in [5, 5.41) is 64.2. The standard InChI is InChI=1S/C86H112ClN13O20S/c1-49-20-15-17-33-86(117)47-67(119-84(115)96-86)50(2)46-85(5,116)69(45-72(105)98(7)65-41-55(38-49)42-66(118-9)74(65)87)120-83(114)51(3)97(6)71(104)32-37-121-68-44-73(106)100(82(68)113)36-19-35-89-70(103)31-30-64-79(110)93-61(39-54-26-28-57(102)29-27-54)77(108)92-62(43-56-48-90-59-24-14-13-23-58(56)59)78(109)91-60(25-16-18-34-88)76(107)95-75(52(4)101)80(111)94-63(81(112)99(64)8)40-53-21-11-10-12-22-53/h10-15,17,20-24,26-29,41-42,48,50-52,60-64,67-69,75,90,101-102,116-117H,16,18-19,25,30-40,43-47,88H2,1-9H3,(H,89,103)(H,91,109)(H,92,108)(H,93,110)(H,94,111)(H,95,107)(H,96,115)/b17-15+,49-20+/t50-,51-,52+,60-,61-,62+,63-,64-,67-,68?,69-,75?,85+,86+/m0/s1. The van der Waals surface area contributed by atoms with E-state index in [-0.39, 0.29) is 112 Å². The molecule has 35 heteroatoms. The number of H-pyrrole nitrogens is 1. The molecular weight excluding hydrogens is 1600 g/mol. The number of carbonyl (C=O) groups is 13. The van der Waals surface area contributed by atoms with Crippen LogP contribution in [0.25, 0.3) is 10.9 Å². The number of anilines is 1. The number of phenolic OH excluding ortho intramolecular Hbond substituents is 1. The summed E-state index contributed by atoms with van der Waals surface area (Å²) in [6, 6.07) is 14.5. The number of alkyl carbamates (subject to hydrolysis) is 1. The van der Waals surface area contributed by atoms with Crippen molar-refractivity contribution in [3.63, 3.8) is 0 Å². The highest BCUT2D eigenvalue weighted by atomic mass is 35.5. The van der Waals surface area contributed by atoms with Gasteiger partial charge >= 0.3 is 12.1 Å². The molecule has 121 heavy (non-hydrogen) atoms. The lowest BCUT2D eigenvalue weighted by Gasteiger charge is -2.41. The maximum Gasteiger partial charge on any atom is 0.409 e. The molecule has 14 atom stereocenters. The van der Waals surface area contributed by atoms with Crippen molar-refractivity contribution in [2.24, 2.45) is 11.7 Å². The van der Waals surface area contributed by atoms with E-state index < -0.39 is 179 Å². The number of rotatable bonds is 26. The zero-order chi connectivity index (χ0) is 88.2. The lowest BCUT2D eigenvalue weighted by Crippen LogP contribution is -2.63. The Labute approximate surface area is 711 Å². The van der Waals surface area contributed by atoms with Crippen molar-refractivity contribution in [3.8, 4) is 11.5 Å². The zero-order valence-corrected chi connectivity index (χ0v) is 71.1. The molecule has 5 aromatic rings. The molecule has 4 bridgehead atoms. The Morgan fingerprint density at radius 1 is 0.769 bits per heavy atom. The first-order valence-electron chi connectivity index (χ1n) is 40.6. The number of nitrogens with zero attached hydrogens (tertiary/aromatic N) is 4. The second-order valence-electron chi connectivity index (χ2n) is 31.8. The van der Waals surface area contributed by atoms with E-state index in [0.717, 1.165) is 37.6 Å². The fraction of sp³-hybridized carbons (Fsp3) is 0.500. The van der Waals surface area contributed by atoms with Gasteiger partial charge in [0.2, 0.25) is 65.0 Å². The van der Waals surface area contributed by atoms with Gasteiger partial charge in [0.15, 0.2) is 0 Å². The molecule has 5 heterocycles. The molecule has 2 unspecified atom stereocenters. The van der Waals surface area contributed by atoms with Gasteiger partial charge in [-0.1, -0.05) is 103 Å². The number of benzene rings is 4. The van der Waals surface area contributed by atoms with Crippen LogP contribution in [0.15, 0.2) is 121 Å². The number of allylic oxidation sites excluding steroid dienone is 3. The molecule has 9 rings (SSSR count). The van der Waals surface area contributed by atoms with E-state index in [1.807, 2.05) is 31.2 Å². The fourth-order valence-corrected chi connectivity index (χ4v) is 16.6. The van der Waals surface area contributed by atoms with E-state index in [9.17, 15) is 68.4 Å². The lowest BCUT2D eigenvalue weighted by atomic mass is 9.81. The summed E-state index contributed by atoms with van der Waals surface area (Å²) in [5.74, 6) is -9.80. The molecule has 33 nitrogen and oxygen atoms in total. The van der Waals surface area contributed by atoms with Gasteiger partial charge in [0.05, 0.1) is 36.2 Å². The van der Waals surface area contributed by atoms with Gasteiger partial charge in [0.1, 0.15) is 76.7 Å². The third-order valence-electron chi connectivity index (χ3n) is 22.4. The number of aromatic nitrogens is 1. The first-order valence-corrected chi connectivity index (χ1v) is 42.0. The summed E-state index contributed by atoms with van der Waals surface area (Å²) < 4.78 is 17.3. The number of thioether (sulfide) groups is 1. The maximum absolute atomic E-state index is 15.3. The van der Waals surface area contributed by atoms with Crippen LogP contribution in [0, 0.1) is 5.92 Å². The molecular formula is C86H112ClN13O20S. The van der Waals surface area contributed by atoms with Crippen LogP contribution in [0.5, 0.6) is 11.5 Å². The van der Waals surface area contributed by atoms with Crippen LogP contribution in [0.3, 0.4) is 0 Å². The number of nitrogens with two attached hydrogens (primary N) is 1. The first kappa shape index (κ1) is 93.9. The first-order chi connectivity index (χ1) is 57.5. The lowest BCUT2D eigenvalue weighted by molar-refractivity contribution is -0.175. The van der Waals surface area contributed by atoms with E-state index in [1.54, 1.807) is 73.8 Å². The predicted molar refractivity (Wildman–Crippen MR) is 451 cm³/mol. The Morgan fingerprint density at radius 3 is 2.12 bits per heavy atom. The molecule has 14 N–H and O–H groups in total. The van der Waals surface area contributed by atoms with Gasteiger partial charge in [-0.3, -0.25) is 63.0 Å². The minimum absolute atomic E-state index is 0.00520. The number of halogens is 1. The zero-order valence-electron chi connectivity index (χ0n) is 69.5. The SMILES string of the molecule is COc1cc2cc(c1Cl)N(C)C(=O)C[C@H](OC(=O)[C@H](C)N(C)C(=O)CCSC1CC(=O)N(CCCNC(=O)CC[C@H]3C(=O)N[C@@H](Cc4ccc(O)cc4)C(=O)N[C@H](Cc4c[nH]c5ccccc45)C(=O)N[C@@H](CCCCN)C(=O)NC([C@@H](C)O)C(=O)N[C@@H](Cc4ccccc4)C(=O)N3C)C1=O)[C@](C)(O)C[C@H](C)[C@@H]1C[C@](O)(C/C=C/C=C(\C)C2)NC(=O)O1. The number of hydrogen-bond acceptors (Lipinski definition) is 22. The number of unbranched alkanes of at least 4 members (excludes halogenated alkanes) is 1. The molecule has 4 aliphatic heterocycles. The quantitative estimate of drug-likeness (QED) is 0.0210. The van der Waals surface area contributed by atoms with Gasteiger partial charge in [-0.05, 0) is 138 Å². The topological polar surface area (TPSA) is 469 Å². The van der Waals surface area contributed by atoms with Gasteiger partial charge < -0.3 is 92.0 Å². The smallest absolute Gasteiger partial charge is 0.409 e. The van der Waals surface area contributed by atoms with Crippen molar-refractivity contribution >= 4 is 117 Å². The molecule has 1 aromatic heterocycles. The van der Waals surface area contributed by atoms with Crippen molar-refractivity contribution in [2.75, 3.05) is 58.5 Å². The highest BCUT2D eigenvalue weighted by molar-refractivity contribution is 8.00. The van der Waals surface area contributed by atoms with Crippen LogP contribution in [0.1, 0.15) is 134 Å². The number of nitrogens with one attached hydrogen (secondary N) is 8. The number of fused-ring (bicyclic) bond motifs is 5. The van der Waals surface area contributed by atoms with Gasteiger partial charge in [-0.2, -0.15) is 0 Å². The van der Waals surface area contributed by atoms with Crippen LogP contribution in [0.4, 0.5) is 10.5 Å². The molecule has 0 spiro atoms. The number of amides is 12. The summed E-state index contributed by atoms with van der Waals surface area (Å²) >= 11 is 7.88. The number of hydrogen-bond donors (Lipinski definition) is 13. The third-order valence-corrected chi connectivity index (χ3v) is 24.0. The Kier molecular flexibility index (Phi) is 33.4. The van der Waals surface area contributed by atoms with Crippen molar-refractivity contribution in [1.29, 1.82) is 0 Å². The second-order valence-corrected chi connectivity index (χ2v) is 33.5. The highest BCUT2D eigenvalue weighted by Gasteiger charge is 2.47. The van der Waals surface area contributed by atoms with Gasteiger partial charge in [0.25, 0.3) is 0 Å². The summed E-state index contributed by atoms with van der Waals surface area (Å²) in [6.07, 6.45) is 0.381. The van der Waals surface area contributed by atoms with Crippen molar-refractivity contribution < 1.29 is 97.0 Å². The molecule has 3 saturated heterocycles. The number of methoxy groups -OCH3 is 1. The summed E-state index contributed by atoms with van der Waals surface area (Å²) in [7, 11) is 5.52. The molecule has 3 fully saturated rings. The Hall–Kier alpha value is -10.9. The highest BCUT2D eigenvalue weighted by Crippen LogP contribution is 2.39. The number of likely N-dealkylation sites (tertiary alicyclic amines) is 1. The Morgan fingerprint density at radius 2 is 1.42 bits per heavy atom. The molecule has 0 radical (unpaired) electrons. The largest absolute Gasteiger partial charge is 0.508 e. The third kappa shape index (κ3) is 25.6. The fourth-order valence-electron chi connectivity index (χ4n) is 15.1. The summed E-state index contributed by atoms with van der Waals surface area (Å²) in [5.41, 5.74) is 6.25.